The van der Waals surface area contributed by atoms with Gasteiger partial charge >= 0.3 is 5.76 Å². The molecule has 0 aliphatic heterocycles. The van der Waals surface area contributed by atoms with Crippen molar-refractivity contribution < 1.29 is 13.2 Å². The Balaban J connectivity index is 2.04. The number of hydrogen-bond donors (Lipinski definition) is 1. The Morgan fingerprint density at radius 3 is 2.50 bits per heavy atom. The van der Waals surface area contributed by atoms with E-state index in [1.165, 1.54) is 6.07 Å². The van der Waals surface area contributed by atoms with E-state index in [0.29, 0.717) is 16.7 Å². The van der Waals surface area contributed by atoms with Crippen LogP contribution in [0.2, 0.25) is 0 Å². The lowest BCUT2D eigenvalue weighted by Crippen LogP contribution is -1.95. The quantitative estimate of drug-likeness (QED) is 0.720. The van der Waals surface area contributed by atoms with Crippen molar-refractivity contribution in [2.75, 3.05) is 0 Å². The number of aromatic amines is 1. The minimum absolute atomic E-state index is 0.331. The summed E-state index contributed by atoms with van der Waals surface area (Å²) in [4.78, 5) is 13.3. The molecule has 0 amide bonds. The molecule has 3 aromatic rings. The Labute approximate surface area is 120 Å². The fraction of sp³-hybridized carbons (Fsp3) is 0.0714. The van der Waals surface area contributed by atoms with Crippen LogP contribution in [0.25, 0.3) is 11.1 Å². The summed E-state index contributed by atoms with van der Waals surface area (Å²) in [6.07, 6.45) is 0. The molecule has 0 fully saturated rings. The zero-order valence-corrected chi connectivity index (χ0v) is 11.6. The maximum atomic E-state index is 13.3. The molecule has 0 bridgehead atoms. The van der Waals surface area contributed by atoms with Gasteiger partial charge in [0.2, 0.25) is 0 Å². The first-order valence-corrected chi connectivity index (χ1v) is 6.68. The average molecular weight is 340 g/mol. The summed E-state index contributed by atoms with van der Waals surface area (Å²) in [6.45, 7) is 0. The van der Waals surface area contributed by atoms with Gasteiger partial charge < -0.3 is 4.42 Å². The number of benzene rings is 2. The van der Waals surface area contributed by atoms with E-state index in [1.54, 1.807) is 18.2 Å². The molecule has 1 aromatic heterocycles. The van der Waals surface area contributed by atoms with Crippen molar-refractivity contribution >= 4 is 27.0 Å². The molecule has 1 heterocycles. The molecule has 1 unspecified atom stereocenters. The molecule has 0 saturated heterocycles. The largest absolute Gasteiger partial charge is 0.417 e. The second-order valence-electron chi connectivity index (χ2n) is 4.31. The Morgan fingerprint density at radius 1 is 1.05 bits per heavy atom. The Kier molecular flexibility index (Phi) is 3.17. The van der Waals surface area contributed by atoms with Gasteiger partial charge in [-0.3, -0.25) is 4.98 Å². The maximum Gasteiger partial charge on any atom is 0.417 e. The van der Waals surface area contributed by atoms with Crippen molar-refractivity contribution in [3.05, 3.63) is 69.7 Å². The highest BCUT2D eigenvalue weighted by Crippen LogP contribution is 2.32. The lowest BCUT2D eigenvalue weighted by Gasteiger charge is -2.10. The first-order valence-electron chi connectivity index (χ1n) is 5.76. The topological polar surface area (TPSA) is 46.0 Å². The number of H-pyrrole nitrogens is 1. The Morgan fingerprint density at radius 2 is 1.75 bits per heavy atom. The summed E-state index contributed by atoms with van der Waals surface area (Å²) in [7, 11) is 0. The van der Waals surface area contributed by atoms with Gasteiger partial charge in [-0.1, -0.05) is 28.1 Å². The predicted molar refractivity (Wildman–Crippen MR) is 74.0 cm³/mol. The summed E-state index contributed by atoms with van der Waals surface area (Å²) < 4.78 is 31.2. The monoisotopic (exact) mass is 339 g/mol. The maximum absolute atomic E-state index is 13.3. The average Bonchev–Trinajstić information content (AvgIpc) is 2.80. The molecule has 0 aliphatic carbocycles. The van der Waals surface area contributed by atoms with Gasteiger partial charge in [-0.15, -0.1) is 0 Å². The number of oxazole rings is 1. The highest BCUT2D eigenvalue weighted by Gasteiger charge is 2.14. The third-order valence-electron chi connectivity index (χ3n) is 2.97. The Hall–Kier alpha value is -1.95. The van der Waals surface area contributed by atoms with E-state index >= 15 is 0 Å². The zero-order chi connectivity index (χ0) is 14.3. The summed E-state index contributed by atoms with van der Waals surface area (Å²) in [5.41, 5.74) is 2.34. The van der Waals surface area contributed by atoms with Crippen molar-refractivity contribution in [2.45, 2.75) is 4.83 Å². The van der Waals surface area contributed by atoms with E-state index in [-0.39, 0.29) is 4.83 Å². The van der Waals surface area contributed by atoms with E-state index in [4.69, 9.17) is 4.42 Å². The normalized spacial score (nSPS) is 12.8. The molecule has 20 heavy (non-hydrogen) atoms. The van der Waals surface area contributed by atoms with Crippen molar-refractivity contribution in [1.29, 1.82) is 0 Å². The molecule has 1 N–H and O–H groups in total. The molecule has 6 heteroatoms. The van der Waals surface area contributed by atoms with E-state index in [0.717, 1.165) is 17.7 Å². The van der Waals surface area contributed by atoms with Crippen LogP contribution in [0.5, 0.6) is 0 Å². The lowest BCUT2D eigenvalue weighted by molar-refractivity contribution is 0.507. The van der Waals surface area contributed by atoms with Gasteiger partial charge in [-0.25, -0.2) is 13.6 Å². The van der Waals surface area contributed by atoms with Crippen LogP contribution in [-0.4, -0.2) is 4.98 Å². The van der Waals surface area contributed by atoms with Gasteiger partial charge in [-0.2, -0.15) is 0 Å². The Bertz CT molecular complexity index is 841. The third-order valence-corrected chi connectivity index (χ3v) is 4.03. The van der Waals surface area contributed by atoms with Gasteiger partial charge in [0.25, 0.3) is 0 Å². The fourth-order valence-corrected chi connectivity index (χ4v) is 2.55. The van der Waals surface area contributed by atoms with Gasteiger partial charge in [0.15, 0.2) is 17.2 Å². The van der Waals surface area contributed by atoms with Crippen LogP contribution < -0.4 is 5.76 Å². The summed E-state index contributed by atoms with van der Waals surface area (Å²) in [5, 5.41) is 0. The molecular weight excluding hydrogens is 332 g/mol. The van der Waals surface area contributed by atoms with Crippen LogP contribution in [0, 0.1) is 11.6 Å². The first kappa shape index (κ1) is 13.1. The number of fused-ring (bicyclic) bond motifs is 1. The second kappa shape index (κ2) is 4.86. The molecule has 3 nitrogen and oxygen atoms in total. The van der Waals surface area contributed by atoms with Gasteiger partial charge in [0.05, 0.1) is 10.3 Å². The minimum atomic E-state index is -0.902. The summed E-state index contributed by atoms with van der Waals surface area (Å²) in [5.74, 6) is -2.32. The molecule has 3 rings (SSSR count). The minimum Gasteiger partial charge on any atom is -0.408 e. The van der Waals surface area contributed by atoms with E-state index < -0.39 is 17.4 Å². The van der Waals surface area contributed by atoms with E-state index in [2.05, 4.69) is 20.9 Å². The van der Waals surface area contributed by atoms with E-state index in [9.17, 15) is 13.6 Å². The van der Waals surface area contributed by atoms with Crippen LogP contribution >= 0.6 is 15.9 Å². The fourth-order valence-electron chi connectivity index (χ4n) is 1.98. The highest BCUT2D eigenvalue weighted by molar-refractivity contribution is 9.09. The molecular formula is C14H8BrF2NO2. The van der Waals surface area contributed by atoms with Gasteiger partial charge in [0.1, 0.15) is 0 Å². The second-order valence-corrected chi connectivity index (χ2v) is 5.22. The molecule has 1 atom stereocenters. The van der Waals surface area contributed by atoms with Gasteiger partial charge in [0, 0.05) is 0 Å². The molecule has 2 aromatic carbocycles. The molecule has 0 radical (unpaired) electrons. The van der Waals surface area contributed by atoms with Crippen LogP contribution in [0.3, 0.4) is 0 Å². The molecule has 0 spiro atoms. The summed E-state index contributed by atoms with van der Waals surface area (Å²) >= 11 is 3.43. The van der Waals surface area contributed by atoms with Crippen LogP contribution in [0.15, 0.2) is 45.6 Å². The number of aromatic nitrogens is 1. The van der Waals surface area contributed by atoms with Crippen molar-refractivity contribution in [3.63, 3.8) is 0 Å². The van der Waals surface area contributed by atoms with E-state index in [1.807, 2.05) is 0 Å². The third kappa shape index (κ3) is 2.27. The van der Waals surface area contributed by atoms with Crippen LogP contribution in [0.4, 0.5) is 8.78 Å². The van der Waals surface area contributed by atoms with Crippen molar-refractivity contribution in [1.82, 2.24) is 4.98 Å². The van der Waals surface area contributed by atoms with Crippen LogP contribution in [0.1, 0.15) is 16.0 Å². The standard InChI is InChI=1S/C14H8BrF2NO2/c15-13(7-1-3-9(16)10(17)5-7)8-2-4-11-12(6-8)20-14(19)18-11/h1-6,13H,(H,18,19). The van der Waals surface area contributed by atoms with Crippen molar-refractivity contribution in [3.8, 4) is 0 Å². The smallest absolute Gasteiger partial charge is 0.408 e. The molecule has 102 valence electrons. The predicted octanol–water partition coefficient (Wildman–Crippen LogP) is 3.88. The van der Waals surface area contributed by atoms with Crippen molar-refractivity contribution in [2.24, 2.45) is 0 Å². The zero-order valence-electron chi connectivity index (χ0n) is 9.99. The number of rotatable bonds is 2. The lowest BCUT2D eigenvalue weighted by atomic mass is 10.0. The SMILES string of the molecule is O=c1[nH]c2ccc(C(Br)c3ccc(F)c(F)c3)cc2o1. The van der Waals surface area contributed by atoms with Gasteiger partial charge in [-0.05, 0) is 35.4 Å². The number of halogens is 3. The number of nitrogens with one attached hydrogen (secondary N) is 1. The number of alkyl halides is 1. The molecule has 0 aliphatic rings. The highest BCUT2D eigenvalue weighted by atomic mass is 79.9. The molecule has 0 saturated carbocycles. The first-order chi connectivity index (χ1) is 9.54. The summed E-state index contributed by atoms with van der Waals surface area (Å²) in [6, 6.07) is 8.85. The van der Waals surface area contributed by atoms with Crippen LogP contribution in [-0.2, 0) is 0 Å². The number of hydrogen-bond acceptors (Lipinski definition) is 2.